The molecular formula is C31H46B2O4. The Labute approximate surface area is 226 Å². The normalized spacial score (nSPS) is 13.4. The van der Waals surface area contributed by atoms with Gasteiger partial charge >= 0.3 is 15.0 Å². The number of benzene rings is 2. The highest BCUT2D eigenvalue weighted by Crippen LogP contribution is 2.53. The van der Waals surface area contributed by atoms with Gasteiger partial charge in [-0.1, -0.05) is 113 Å². The summed E-state index contributed by atoms with van der Waals surface area (Å²) < 4.78 is 11.5. The number of aliphatic hydroxyl groups is 2. The molecule has 1 aliphatic rings. The number of fused-ring (bicyclic) bond motifs is 3. The van der Waals surface area contributed by atoms with Crippen LogP contribution in [-0.2, 0) is 14.7 Å². The molecule has 0 heterocycles. The molecule has 200 valence electrons. The fraction of sp³-hybridized carbons (Fsp3) is 0.613. The average molecular weight is 504 g/mol. The van der Waals surface area contributed by atoms with Gasteiger partial charge in [0.05, 0.1) is 0 Å². The molecule has 0 saturated carbocycles. The summed E-state index contributed by atoms with van der Waals surface area (Å²) in [5, 5.41) is 18.2. The maximum Gasteiger partial charge on any atom is 0.329 e. The molecule has 37 heavy (non-hydrogen) atoms. The number of hydrogen-bond acceptors (Lipinski definition) is 4. The molecular weight excluding hydrogens is 458 g/mol. The Morgan fingerprint density at radius 2 is 1.08 bits per heavy atom. The molecule has 0 saturated heterocycles. The zero-order valence-corrected chi connectivity index (χ0v) is 23.1. The van der Waals surface area contributed by atoms with E-state index < -0.39 is 0 Å². The van der Waals surface area contributed by atoms with E-state index in [2.05, 4.69) is 50.2 Å². The van der Waals surface area contributed by atoms with Crippen molar-refractivity contribution in [2.24, 2.45) is 0 Å². The van der Waals surface area contributed by atoms with Gasteiger partial charge in [0.15, 0.2) is 0 Å². The van der Waals surface area contributed by atoms with Gasteiger partial charge in [0.2, 0.25) is 0 Å². The first-order valence-electron chi connectivity index (χ1n) is 14.6. The van der Waals surface area contributed by atoms with Crippen LogP contribution in [0.1, 0.15) is 102 Å². The molecule has 4 nitrogen and oxygen atoms in total. The largest absolute Gasteiger partial charge is 0.434 e. The first kappa shape index (κ1) is 30.0. The fourth-order valence-electron chi connectivity index (χ4n) is 5.65. The van der Waals surface area contributed by atoms with Crippen LogP contribution >= 0.6 is 0 Å². The Morgan fingerprint density at radius 3 is 1.49 bits per heavy atom. The Balaban J connectivity index is 1.97. The lowest BCUT2D eigenvalue weighted by Gasteiger charge is -2.33. The van der Waals surface area contributed by atoms with Gasteiger partial charge in [-0.05, 0) is 47.9 Å². The van der Waals surface area contributed by atoms with Crippen molar-refractivity contribution in [2.75, 3.05) is 26.4 Å². The van der Waals surface area contributed by atoms with Crippen molar-refractivity contribution in [3.8, 4) is 11.1 Å². The van der Waals surface area contributed by atoms with Gasteiger partial charge in [-0.3, -0.25) is 0 Å². The van der Waals surface area contributed by atoms with Crippen molar-refractivity contribution in [2.45, 2.75) is 96.3 Å². The first-order chi connectivity index (χ1) is 18.2. The Bertz CT molecular complexity index is 858. The van der Waals surface area contributed by atoms with Crippen LogP contribution in [0.3, 0.4) is 0 Å². The number of rotatable bonds is 20. The van der Waals surface area contributed by atoms with E-state index in [0.717, 1.165) is 23.8 Å². The van der Waals surface area contributed by atoms with Gasteiger partial charge in [-0.25, -0.2) is 0 Å². The Morgan fingerprint density at radius 1 is 0.622 bits per heavy atom. The summed E-state index contributed by atoms with van der Waals surface area (Å²) in [6.45, 7) is 5.91. The molecule has 3 rings (SSSR count). The maximum absolute atomic E-state index is 9.09. The highest BCUT2D eigenvalue weighted by molar-refractivity contribution is 6.47. The van der Waals surface area contributed by atoms with Gasteiger partial charge in [0.1, 0.15) is 0 Å². The summed E-state index contributed by atoms with van der Waals surface area (Å²) in [6.07, 6.45) is 13.6. The van der Waals surface area contributed by atoms with E-state index >= 15 is 0 Å². The smallest absolute Gasteiger partial charge is 0.329 e. The highest BCUT2D eigenvalue weighted by Gasteiger charge is 2.42. The van der Waals surface area contributed by atoms with Crippen LogP contribution in [0, 0.1) is 0 Å². The number of hydrogen-bond donors (Lipinski definition) is 2. The van der Waals surface area contributed by atoms with E-state index in [-0.39, 0.29) is 18.6 Å². The molecule has 0 atom stereocenters. The quantitative estimate of drug-likeness (QED) is 0.193. The lowest BCUT2D eigenvalue weighted by Crippen LogP contribution is -2.29. The van der Waals surface area contributed by atoms with Crippen molar-refractivity contribution in [1.29, 1.82) is 0 Å². The first-order valence-corrected chi connectivity index (χ1v) is 14.6. The minimum atomic E-state index is -0.00392. The summed E-state index contributed by atoms with van der Waals surface area (Å²) in [5.74, 6) is 0. The Hall–Kier alpha value is -1.59. The van der Waals surface area contributed by atoms with Crippen molar-refractivity contribution in [1.82, 2.24) is 0 Å². The van der Waals surface area contributed by atoms with Gasteiger partial charge in [0, 0.05) is 31.8 Å². The molecule has 2 radical (unpaired) electrons. The molecule has 1 aliphatic carbocycles. The molecule has 0 unspecified atom stereocenters. The average Bonchev–Trinajstić information content (AvgIpc) is 3.18. The van der Waals surface area contributed by atoms with Crippen LogP contribution in [0.25, 0.3) is 11.1 Å². The van der Waals surface area contributed by atoms with Crippen molar-refractivity contribution < 1.29 is 19.5 Å². The molecule has 2 aromatic rings. The molecule has 2 aromatic carbocycles. The molecule has 0 fully saturated rings. The van der Waals surface area contributed by atoms with Crippen molar-refractivity contribution in [3.63, 3.8) is 0 Å². The molecule has 0 amide bonds. The summed E-state index contributed by atoms with van der Waals surface area (Å²) >= 11 is 0. The monoisotopic (exact) mass is 504 g/mol. The van der Waals surface area contributed by atoms with Crippen molar-refractivity contribution in [3.05, 3.63) is 47.5 Å². The van der Waals surface area contributed by atoms with E-state index in [9.17, 15) is 0 Å². The summed E-state index contributed by atoms with van der Waals surface area (Å²) in [6, 6.07) is 13.6. The minimum absolute atomic E-state index is 0.00392. The standard InChI is InChI=1S/C31H46B2O4/c1-3-5-7-9-17-31(18-10-8-6-4-2)29-23-25(32-36-21-11-19-34)13-15-27(29)28-16-14-26(24-30(28)31)33-37-22-12-20-35/h13-16,23-24,34-35H,3-12,17-22H2,1-2H3. The molecule has 0 aromatic heterocycles. The lowest BCUT2D eigenvalue weighted by molar-refractivity contribution is 0.240. The molecule has 0 bridgehead atoms. The third kappa shape index (κ3) is 8.20. The van der Waals surface area contributed by atoms with Gasteiger partial charge in [-0.2, -0.15) is 0 Å². The SMILES string of the molecule is CCCCCCC1(CCCCCC)c2cc([B]OCCCO)ccc2-c2ccc([B]OCCCO)cc21. The molecule has 0 aliphatic heterocycles. The van der Waals surface area contributed by atoms with Crippen LogP contribution in [0.2, 0.25) is 0 Å². The maximum atomic E-state index is 9.09. The second-order valence-electron chi connectivity index (χ2n) is 10.4. The molecule has 6 heteroatoms. The van der Waals surface area contributed by atoms with E-state index in [1.54, 1.807) is 0 Å². The van der Waals surface area contributed by atoms with Gasteiger partial charge in [-0.15, -0.1) is 0 Å². The van der Waals surface area contributed by atoms with Crippen LogP contribution in [0.15, 0.2) is 36.4 Å². The predicted molar refractivity (Wildman–Crippen MR) is 156 cm³/mol. The van der Waals surface area contributed by atoms with Gasteiger partial charge < -0.3 is 19.5 Å². The fourth-order valence-corrected chi connectivity index (χ4v) is 5.65. The molecule has 2 N–H and O–H groups in total. The van der Waals surface area contributed by atoms with E-state index in [1.807, 2.05) is 15.0 Å². The van der Waals surface area contributed by atoms with E-state index in [1.165, 1.54) is 73.6 Å². The number of aliphatic hydroxyl groups excluding tert-OH is 2. The minimum Gasteiger partial charge on any atom is -0.434 e. The van der Waals surface area contributed by atoms with E-state index in [4.69, 9.17) is 19.5 Å². The second-order valence-corrected chi connectivity index (χ2v) is 10.4. The second kappa shape index (κ2) is 16.4. The van der Waals surface area contributed by atoms with Crippen molar-refractivity contribution >= 4 is 25.9 Å². The van der Waals surface area contributed by atoms with Gasteiger partial charge in [0.25, 0.3) is 0 Å². The third-order valence-electron chi connectivity index (χ3n) is 7.60. The van der Waals surface area contributed by atoms with E-state index in [0.29, 0.717) is 26.1 Å². The van der Waals surface area contributed by atoms with Crippen LogP contribution in [0.5, 0.6) is 0 Å². The topological polar surface area (TPSA) is 58.9 Å². The molecule has 0 spiro atoms. The van der Waals surface area contributed by atoms with Crippen LogP contribution < -0.4 is 10.9 Å². The Kier molecular flexibility index (Phi) is 13.3. The summed E-state index contributed by atoms with van der Waals surface area (Å²) in [5.41, 5.74) is 7.75. The third-order valence-corrected chi connectivity index (χ3v) is 7.60. The zero-order valence-electron chi connectivity index (χ0n) is 23.1. The highest BCUT2D eigenvalue weighted by atomic mass is 16.4. The zero-order chi connectivity index (χ0) is 26.3. The lowest BCUT2D eigenvalue weighted by atomic mass is 9.68. The summed E-state index contributed by atoms with van der Waals surface area (Å²) in [4.78, 5) is 0. The predicted octanol–water partition coefficient (Wildman–Crippen LogP) is 5.18. The number of unbranched alkanes of at least 4 members (excludes halogenated alkanes) is 6. The van der Waals surface area contributed by atoms with Crippen LogP contribution in [-0.4, -0.2) is 51.6 Å². The summed E-state index contributed by atoms with van der Waals surface area (Å²) in [7, 11) is 3.71. The van der Waals surface area contributed by atoms with Crippen LogP contribution in [0.4, 0.5) is 0 Å².